The number of aliphatic hydroxyl groups excluding tert-OH is 1. The van der Waals surface area contributed by atoms with E-state index in [1.54, 1.807) is 0 Å². The second-order valence-electron chi connectivity index (χ2n) is 10.2. The van der Waals surface area contributed by atoms with E-state index in [-0.39, 0.29) is 30.2 Å². The van der Waals surface area contributed by atoms with E-state index in [1.165, 1.54) is 0 Å². The molecule has 2 rings (SSSR count). The number of ether oxygens (including phenoxy) is 1. The van der Waals surface area contributed by atoms with Gasteiger partial charge in [-0.25, -0.2) is 4.79 Å². The van der Waals surface area contributed by atoms with Crippen LogP contribution in [0.1, 0.15) is 73.6 Å². The van der Waals surface area contributed by atoms with Crippen molar-refractivity contribution in [2.75, 3.05) is 6.61 Å². The fourth-order valence-electron chi connectivity index (χ4n) is 4.25. The fraction of sp³-hybridized carbons (Fsp3) is 0.947. The molecule has 5 heteroatoms. The van der Waals surface area contributed by atoms with Crippen molar-refractivity contribution in [1.82, 2.24) is 10.6 Å². The predicted molar refractivity (Wildman–Crippen MR) is 95.9 cm³/mol. The molecule has 0 bridgehead atoms. The van der Waals surface area contributed by atoms with E-state index in [2.05, 4.69) is 31.4 Å². The monoisotopic (exact) mass is 340 g/mol. The number of nitrogens with one attached hydrogen (secondary N) is 2. The molecule has 0 aromatic carbocycles. The number of hydrogen-bond donors (Lipinski definition) is 3. The highest BCUT2D eigenvalue weighted by molar-refractivity contribution is 5.68. The summed E-state index contributed by atoms with van der Waals surface area (Å²) in [6.07, 6.45) is 5.08. The lowest BCUT2D eigenvalue weighted by atomic mass is 9.52. The van der Waals surface area contributed by atoms with Gasteiger partial charge < -0.3 is 20.5 Å². The van der Waals surface area contributed by atoms with E-state index < -0.39 is 5.60 Å². The van der Waals surface area contributed by atoms with Crippen molar-refractivity contribution < 1.29 is 14.6 Å². The quantitative estimate of drug-likeness (QED) is 0.719. The molecule has 1 unspecified atom stereocenters. The third-order valence-corrected chi connectivity index (χ3v) is 4.99. The third kappa shape index (κ3) is 5.62. The lowest BCUT2D eigenvalue weighted by Crippen LogP contribution is -2.62. The van der Waals surface area contributed by atoms with E-state index in [0.29, 0.717) is 11.5 Å². The number of carbonyl (C=O) groups excluding carboxylic acids is 1. The van der Waals surface area contributed by atoms with Crippen LogP contribution >= 0.6 is 0 Å². The van der Waals surface area contributed by atoms with Crippen LogP contribution in [0.2, 0.25) is 0 Å². The molecule has 0 saturated heterocycles. The largest absolute Gasteiger partial charge is 0.444 e. The molecule has 1 atom stereocenters. The zero-order valence-corrected chi connectivity index (χ0v) is 16.2. The first-order chi connectivity index (χ1) is 10.9. The molecule has 2 aliphatic carbocycles. The molecule has 1 spiro atoms. The van der Waals surface area contributed by atoms with E-state index >= 15 is 0 Å². The van der Waals surface area contributed by atoms with Gasteiger partial charge in [-0.1, -0.05) is 20.8 Å². The van der Waals surface area contributed by atoms with E-state index in [4.69, 9.17) is 4.74 Å². The Kier molecular flexibility index (Phi) is 5.55. The average Bonchev–Trinajstić information content (AvgIpc) is 2.28. The molecule has 0 aromatic rings. The lowest BCUT2D eigenvalue weighted by Gasteiger charge is -2.58. The first kappa shape index (κ1) is 19.5. The van der Waals surface area contributed by atoms with Gasteiger partial charge in [0.2, 0.25) is 0 Å². The molecular formula is C19H36N2O3. The van der Waals surface area contributed by atoms with Gasteiger partial charge in [0, 0.05) is 18.1 Å². The highest BCUT2D eigenvalue weighted by atomic mass is 16.6. The Labute approximate surface area is 146 Å². The zero-order valence-electron chi connectivity index (χ0n) is 16.2. The summed E-state index contributed by atoms with van der Waals surface area (Å²) in [5.74, 6) is 0. The second-order valence-corrected chi connectivity index (χ2v) is 10.2. The molecule has 3 N–H and O–H groups in total. The Morgan fingerprint density at radius 1 is 1.12 bits per heavy atom. The van der Waals surface area contributed by atoms with E-state index in [0.717, 1.165) is 32.1 Å². The molecule has 1 amide bonds. The van der Waals surface area contributed by atoms with E-state index in [9.17, 15) is 9.90 Å². The summed E-state index contributed by atoms with van der Waals surface area (Å²) in [7, 11) is 0. The summed E-state index contributed by atoms with van der Waals surface area (Å²) in [5.41, 5.74) is 0.184. The van der Waals surface area contributed by atoms with Crippen molar-refractivity contribution in [3.8, 4) is 0 Å². The van der Waals surface area contributed by atoms with Gasteiger partial charge in [-0.3, -0.25) is 0 Å². The molecule has 2 saturated carbocycles. The summed E-state index contributed by atoms with van der Waals surface area (Å²) >= 11 is 0. The predicted octanol–water partition coefficient (Wildman–Crippen LogP) is 3.21. The van der Waals surface area contributed by atoms with Crippen LogP contribution < -0.4 is 10.6 Å². The number of alkyl carbamates (subject to hydrolysis) is 1. The smallest absolute Gasteiger partial charge is 0.407 e. The summed E-state index contributed by atoms with van der Waals surface area (Å²) in [6.45, 7) is 12.5. The van der Waals surface area contributed by atoms with Crippen LogP contribution in [0.3, 0.4) is 0 Å². The minimum atomic E-state index is -0.441. The van der Waals surface area contributed by atoms with Crippen molar-refractivity contribution >= 4 is 6.09 Å². The Hall–Kier alpha value is -0.810. The van der Waals surface area contributed by atoms with Gasteiger partial charge in [0.25, 0.3) is 0 Å². The minimum Gasteiger partial charge on any atom is -0.444 e. The number of carbonyl (C=O) groups is 1. The normalized spacial score (nSPS) is 31.1. The molecule has 0 heterocycles. The third-order valence-electron chi connectivity index (χ3n) is 4.99. The Bertz CT molecular complexity index is 437. The molecule has 2 aliphatic rings. The topological polar surface area (TPSA) is 70.6 Å². The van der Waals surface area contributed by atoms with Crippen LogP contribution in [0.15, 0.2) is 0 Å². The first-order valence-electron chi connectivity index (χ1n) is 9.26. The average molecular weight is 341 g/mol. The van der Waals surface area contributed by atoms with Gasteiger partial charge in [-0.15, -0.1) is 0 Å². The van der Waals surface area contributed by atoms with Gasteiger partial charge in [-0.05, 0) is 63.7 Å². The number of rotatable bonds is 5. The zero-order chi connectivity index (χ0) is 18.2. The summed E-state index contributed by atoms with van der Waals surface area (Å²) in [6, 6.07) is 0.944. The molecule has 2 fully saturated rings. The van der Waals surface area contributed by atoms with Gasteiger partial charge in [0.05, 0.1) is 6.61 Å². The van der Waals surface area contributed by atoms with Crippen molar-refractivity contribution in [1.29, 1.82) is 0 Å². The number of amides is 1. The molecule has 5 nitrogen and oxygen atoms in total. The molecule has 140 valence electrons. The maximum Gasteiger partial charge on any atom is 0.407 e. The Balaban J connectivity index is 1.66. The molecule has 24 heavy (non-hydrogen) atoms. The Morgan fingerprint density at radius 2 is 1.67 bits per heavy atom. The van der Waals surface area contributed by atoms with Crippen LogP contribution in [-0.4, -0.2) is 41.5 Å². The fourth-order valence-corrected chi connectivity index (χ4v) is 4.25. The maximum atomic E-state index is 11.8. The standard InChI is InChI=1S/C19H36N2O3/c1-17(2,3)7-15(12-22)20-13-8-19(9-13)10-14(11-19)21-16(23)24-18(4,5)6/h13-15,20,22H,7-12H2,1-6H3,(H,21,23). The molecule has 0 radical (unpaired) electrons. The first-order valence-corrected chi connectivity index (χ1v) is 9.26. The number of aliphatic hydroxyl groups is 1. The second kappa shape index (κ2) is 6.83. The van der Waals surface area contributed by atoms with Crippen molar-refractivity contribution in [3.05, 3.63) is 0 Å². The van der Waals surface area contributed by atoms with Crippen LogP contribution in [-0.2, 0) is 4.74 Å². The van der Waals surface area contributed by atoms with Crippen molar-refractivity contribution in [3.63, 3.8) is 0 Å². The van der Waals surface area contributed by atoms with Crippen molar-refractivity contribution in [2.24, 2.45) is 10.8 Å². The van der Waals surface area contributed by atoms with Gasteiger partial charge in [-0.2, -0.15) is 0 Å². The van der Waals surface area contributed by atoms with Crippen LogP contribution in [0.5, 0.6) is 0 Å². The van der Waals surface area contributed by atoms with Crippen LogP contribution in [0.25, 0.3) is 0 Å². The Morgan fingerprint density at radius 3 is 2.12 bits per heavy atom. The number of hydrogen-bond acceptors (Lipinski definition) is 4. The van der Waals surface area contributed by atoms with Gasteiger partial charge in [0.15, 0.2) is 0 Å². The van der Waals surface area contributed by atoms with E-state index in [1.807, 2.05) is 20.8 Å². The van der Waals surface area contributed by atoms with Crippen molar-refractivity contribution in [2.45, 2.75) is 97.4 Å². The highest BCUT2D eigenvalue weighted by Crippen LogP contribution is 2.56. The minimum absolute atomic E-state index is 0.183. The summed E-state index contributed by atoms with van der Waals surface area (Å²) < 4.78 is 5.31. The van der Waals surface area contributed by atoms with Gasteiger partial charge >= 0.3 is 6.09 Å². The van der Waals surface area contributed by atoms with Crippen LogP contribution in [0, 0.1) is 10.8 Å². The maximum absolute atomic E-state index is 11.8. The summed E-state index contributed by atoms with van der Waals surface area (Å²) in [4.78, 5) is 11.8. The van der Waals surface area contributed by atoms with Crippen LogP contribution in [0.4, 0.5) is 4.79 Å². The molecular weight excluding hydrogens is 304 g/mol. The highest BCUT2D eigenvalue weighted by Gasteiger charge is 2.53. The SMILES string of the molecule is CC(C)(C)CC(CO)NC1CC2(CC(NC(=O)OC(C)(C)C)C2)C1. The molecule has 0 aliphatic heterocycles. The summed E-state index contributed by atoms with van der Waals surface area (Å²) in [5, 5.41) is 16.1. The van der Waals surface area contributed by atoms with Gasteiger partial charge in [0.1, 0.15) is 5.60 Å². The molecule has 0 aromatic heterocycles. The lowest BCUT2D eigenvalue weighted by molar-refractivity contribution is -0.0386.